The maximum absolute atomic E-state index is 11.0. The van der Waals surface area contributed by atoms with Crippen LogP contribution in [0.4, 0.5) is 5.69 Å². The maximum atomic E-state index is 11.0. The highest BCUT2D eigenvalue weighted by atomic mass is 35.5. The largest absolute Gasteiger partial charge is 0.329 e. The van der Waals surface area contributed by atoms with Crippen molar-refractivity contribution < 1.29 is 4.79 Å². The molecule has 0 atom stereocenters. The highest BCUT2D eigenvalue weighted by Gasteiger charge is 2.15. The number of carbonyl (C=O) groups excluding carboxylic acids is 1. The lowest BCUT2D eigenvalue weighted by Gasteiger charge is -1.96. The lowest BCUT2D eigenvalue weighted by atomic mass is 10.2. The molecule has 1 aromatic carbocycles. The number of hydrogen-bond acceptors (Lipinski definition) is 3. The first-order chi connectivity index (χ1) is 8.65. The van der Waals surface area contributed by atoms with Gasteiger partial charge in [-0.05, 0) is 12.1 Å². The molecule has 0 spiro atoms. The van der Waals surface area contributed by atoms with E-state index in [1.807, 2.05) is 30.3 Å². The predicted octanol–water partition coefficient (Wildman–Crippen LogP) is 3.53. The molecule has 92 valence electrons. The average Bonchev–Trinajstić information content (AvgIpc) is 2.61. The van der Waals surface area contributed by atoms with Crippen molar-refractivity contribution in [3.63, 3.8) is 0 Å². The Morgan fingerprint density at radius 2 is 1.94 bits per heavy atom. The fourth-order valence-corrected chi connectivity index (χ4v) is 2.15. The van der Waals surface area contributed by atoms with Crippen molar-refractivity contribution in [1.82, 2.24) is 4.57 Å². The van der Waals surface area contributed by atoms with Gasteiger partial charge in [0.15, 0.2) is 6.29 Å². The normalized spacial score (nSPS) is 11.1. The number of nitrogens with zero attached hydrogens (tertiary/aromatic N) is 2. The van der Waals surface area contributed by atoms with Gasteiger partial charge >= 0.3 is 0 Å². The fraction of sp³-hybridized carbons (Fsp3) is 0.0769. The third-order valence-corrected chi connectivity index (χ3v) is 3.58. The molecule has 2 rings (SSSR count). The van der Waals surface area contributed by atoms with Gasteiger partial charge in [-0.2, -0.15) is 0 Å². The Balaban J connectivity index is 2.44. The standard InChI is InChI=1S/C13H11ClN2OS/c1-16-12(14)11(8-17)10(13(16)18)7-15-9-5-3-2-4-6-9/h2-8,18H,1H3. The van der Waals surface area contributed by atoms with Crippen LogP contribution in [-0.2, 0) is 7.05 Å². The number of aromatic nitrogens is 1. The highest BCUT2D eigenvalue weighted by molar-refractivity contribution is 7.80. The van der Waals surface area contributed by atoms with Crippen LogP contribution in [0.15, 0.2) is 40.4 Å². The van der Waals surface area contributed by atoms with E-state index in [1.54, 1.807) is 17.8 Å². The van der Waals surface area contributed by atoms with Crippen LogP contribution in [0, 0.1) is 0 Å². The number of halogens is 1. The molecule has 0 radical (unpaired) electrons. The molecule has 1 heterocycles. The maximum Gasteiger partial charge on any atom is 0.153 e. The van der Waals surface area contributed by atoms with E-state index in [2.05, 4.69) is 17.6 Å². The van der Waals surface area contributed by atoms with Gasteiger partial charge in [-0.3, -0.25) is 9.79 Å². The van der Waals surface area contributed by atoms with Crippen LogP contribution in [0.2, 0.25) is 5.15 Å². The van der Waals surface area contributed by atoms with Gasteiger partial charge < -0.3 is 4.57 Å². The van der Waals surface area contributed by atoms with Gasteiger partial charge in [0, 0.05) is 18.8 Å². The molecular formula is C13H11ClN2OS. The Bertz CT molecular complexity index is 605. The van der Waals surface area contributed by atoms with E-state index in [4.69, 9.17) is 11.6 Å². The second-order valence-electron chi connectivity index (χ2n) is 3.71. The highest BCUT2D eigenvalue weighted by Crippen LogP contribution is 2.26. The van der Waals surface area contributed by atoms with Crippen molar-refractivity contribution >= 4 is 42.4 Å². The van der Waals surface area contributed by atoms with Crippen molar-refractivity contribution in [2.45, 2.75) is 5.03 Å². The first kappa shape index (κ1) is 12.9. The summed E-state index contributed by atoms with van der Waals surface area (Å²) in [6, 6.07) is 9.46. The summed E-state index contributed by atoms with van der Waals surface area (Å²) in [4.78, 5) is 15.3. The van der Waals surface area contributed by atoms with Crippen LogP contribution in [0.5, 0.6) is 0 Å². The van der Waals surface area contributed by atoms with E-state index in [0.717, 1.165) is 5.69 Å². The van der Waals surface area contributed by atoms with Gasteiger partial charge in [0.1, 0.15) is 5.15 Å². The Morgan fingerprint density at radius 3 is 2.56 bits per heavy atom. The van der Waals surface area contributed by atoms with E-state index in [1.165, 1.54) is 0 Å². The van der Waals surface area contributed by atoms with Crippen molar-refractivity contribution in [2.75, 3.05) is 0 Å². The summed E-state index contributed by atoms with van der Waals surface area (Å²) in [7, 11) is 1.75. The van der Waals surface area contributed by atoms with Gasteiger partial charge in [-0.15, -0.1) is 12.6 Å². The zero-order chi connectivity index (χ0) is 13.1. The second-order valence-corrected chi connectivity index (χ2v) is 4.49. The fourth-order valence-electron chi connectivity index (χ4n) is 1.58. The molecule has 0 saturated carbocycles. The van der Waals surface area contributed by atoms with E-state index < -0.39 is 0 Å². The van der Waals surface area contributed by atoms with E-state index in [9.17, 15) is 4.79 Å². The van der Waals surface area contributed by atoms with Gasteiger partial charge in [-0.1, -0.05) is 29.8 Å². The van der Waals surface area contributed by atoms with Gasteiger partial charge in [-0.25, -0.2) is 0 Å². The zero-order valence-corrected chi connectivity index (χ0v) is 11.3. The minimum Gasteiger partial charge on any atom is -0.329 e. The quantitative estimate of drug-likeness (QED) is 0.520. The smallest absolute Gasteiger partial charge is 0.153 e. The number of carbonyl (C=O) groups is 1. The summed E-state index contributed by atoms with van der Waals surface area (Å²) < 4.78 is 1.64. The van der Waals surface area contributed by atoms with Gasteiger partial charge in [0.2, 0.25) is 0 Å². The Labute approximate surface area is 116 Å². The zero-order valence-electron chi connectivity index (χ0n) is 9.67. The number of rotatable bonds is 3. The summed E-state index contributed by atoms with van der Waals surface area (Å²) >= 11 is 10.4. The third kappa shape index (κ3) is 2.35. The van der Waals surface area contributed by atoms with Crippen molar-refractivity contribution in [1.29, 1.82) is 0 Å². The molecule has 3 nitrogen and oxygen atoms in total. The molecule has 0 bridgehead atoms. The molecule has 0 aliphatic carbocycles. The number of para-hydroxylation sites is 1. The predicted molar refractivity (Wildman–Crippen MR) is 76.8 cm³/mol. The Morgan fingerprint density at radius 1 is 1.28 bits per heavy atom. The van der Waals surface area contributed by atoms with E-state index >= 15 is 0 Å². The number of thiol groups is 1. The lowest BCUT2D eigenvalue weighted by molar-refractivity contribution is 0.112. The summed E-state index contributed by atoms with van der Waals surface area (Å²) in [5.41, 5.74) is 1.84. The molecule has 0 amide bonds. The number of aldehydes is 1. The van der Waals surface area contributed by atoms with Crippen LogP contribution in [0.25, 0.3) is 0 Å². The minimum atomic E-state index is 0.365. The third-order valence-electron chi connectivity index (χ3n) is 2.58. The minimum absolute atomic E-state index is 0.365. The van der Waals surface area contributed by atoms with Crippen molar-refractivity contribution in [2.24, 2.45) is 12.0 Å². The summed E-state index contributed by atoms with van der Waals surface area (Å²) in [5.74, 6) is 0. The van der Waals surface area contributed by atoms with Crippen LogP contribution in [-0.4, -0.2) is 17.1 Å². The number of benzene rings is 1. The first-order valence-electron chi connectivity index (χ1n) is 5.26. The molecule has 0 aliphatic heterocycles. The van der Waals surface area contributed by atoms with Crippen LogP contribution in [0.3, 0.4) is 0 Å². The van der Waals surface area contributed by atoms with Gasteiger partial charge in [0.25, 0.3) is 0 Å². The molecular weight excluding hydrogens is 268 g/mol. The van der Waals surface area contributed by atoms with Gasteiger partial charge in [0.05, 0.1) is 16.3 Å². The summed E-state index contributed by atoms with van der Waals surface area (Å²) in [6.07, 6.45) is 2.32. The first-order valence-corrected chi connectivity index (χ1v) is 6.09. The summed E-state index contributed by atoms with van der Waals surface area (Å²) in [5, 5.41) is 0.978. The molecule has 1 aromatic heterocycles. The molecule has 0 fully saturated rings. The average molecular weight is 279 g/mol. The number of aliphatic imine (C=N–C) groups is 1. The molecule has 0 unspecified atom stereocenters. The molecule has 5 heteroatoms. The van der Waals surface area contributed by atoms with Crippen LogP contribution >= 0.6 is 24.2 Å². The molecule has 0 saturated heterocycles. The molecule has 18 heavy (non-hydrogen) atoms. The Kier molecular flexibility index (Phi) is 3.89. The van der Waals surface area contributed by atoms with Crippen molar-refractivity contribution in [3.05, 3.63) is 46.6 Å². The van der Waals surface area contributed by atoms with Crippen LogP contribution in [0.1, 0.15) is 15.9 Å². The van der Waals surface area contributed by atoms with Crippen molar-refractivity contribution in [3.8, 4) is 0 Å². The summed E-state index contributed by atoms with van der Waals surface area (Å²) in [6.45, 7) is 0. The monoisotopic (exact) mass is 278 g/mol. The molecule has 0 aliphatic rings. The van der Waals surface area contributed by atoms with E-state index in [0.29, 0.717) is 27.6 Å². The molecule has 0 N–H and O–H groups in total. The second kappa shape index (κ2) is 5.42. The topological polar surface area (TPSA) is 34.4 Å². The van der Waals surface area contributed by atoms with Crippen LogP contribution < -0.4 is 0 Å². The number of hydrogen-bond donors (Lipinski definition) is 1. The SMILES string of the molecule is Cn1c(S)c(C=Nc2ccccc2)c(C=O)c1Cl. The lowest BCUT2D eigenvalue weighted by Crippen LogP contribution is -1.88. The molecule has 2 aromatic rings. The van der Waals surface area contributed by atoms with E-state index in [-0.39, 0.29) is 0 Å². The Hall–Kier alpha value is -1.52.